The zero-order valence-electron chi connectivity index (χ0n) is 14.5. The van der Waals surface area contributed by atoms with Crippen LogP contribution >= 0.6 is 0 Å². The van der Waals surface area contributed by atoms with Crippen molar-refractivity contribution in [3.05, 3.63) is 24.3 Å². The van der Waals surface area contributed by atoms with Gasteiger partial charge in [-0.25, -0.2) is 0 Å². The first kappa shape index (κ1) is 16.2. The van der Waals surface area contributed by atoms with Crippen molar-refractivity contribution < 1.29 is 0 Å². The van der Waals surface area contributed by atoms with Gasteiger partial charge >= 0.3 is 0 Å². The first-order valence-corrected chi connectivity index (χ1v) is 8.15. The number of rotatable bonds is 4. The highest BCUT2D eigenvalue weighted by atomic mass is 15.3. The van der Waals surface area contributed by atoms with Crippen LogP contribution in [0.25, 0.3) is 0 Å². The van der Waals surface area contributed by atoms with Crippen molar-refractivity contribution >= 4 is 11.4 Å². The summed E-state index contributed by atoms with van der Waals surface area (Å²) < 4.78 is 0. The van der Waals surface area contributed by atoms with E-state index < -0.39 is 0 Å². The minimum Gasteiger partial charge on any atom is -0.372 e. The molecule has 3 heteroatoms. The summed E-state index contributed by atoms with van der Waals surface area (Å²) in [5.41, 5.74) is 2.92. The second-order valence-electron chi connectivity index (χ2n) is 7.44. The molecule has 1 aromatic rings. The molecular formula is C18H31N3. The van der Waals surface area contributed by atoms with Gasteiger partial charge in [0.2, 0.25) is 0 Å². The lowest BCUT2D eigenvalue weighted by atomic mass is 9.91. The SMILES string of the molecule is CCN(CC)c1ccc(N2CC(C)(C)NC(C)(C)C2)cc1. The van der Waals surface area contributed by atoms with Gasteiger partial charge in [-0.3, -0.25) is 0 Å². The molecule has 1 aliphatic heterocycles. The molecule has 0 unspecified atom stereocenters. The molecule has 118 valence electrons. The summed E-state index contributed by atoms with van der Waals surface area (Å²) in [5, 5.41) is 3.73. The summed E-state index contributed by atoms with van der Waals surface area (Å²) in [4.78, 5) is 4.89. The normalized spacial score (nSPS) is 20.4. The maximum absolute atomic E-state index is 3.73. The van der Waals surface area contributed by atoms with Crippen LogP contribution in [0.1, 0.15) is 41.5 Å². The van der Waals surface area contributed by atoms with Crippen molar-refractivity contribution in [2.24, 2.45) is 0 Å². The lowest BCUT2D eigenvalue weighted by molar-refractivity contribution is 0.226. The molecule has 0 spiro atoms. The van der Waals surface area contributed by atoms with Crippen LogP contribution in [0.5, 0.6) is 0 Å². The Morgan fingerprint density at radius 1 is 0.952 bits per heavy atom. The van der Waals surface area contributed by atoms with Crippen molar-refractivity contribution in [2.45, 2.75) is 52.6 Å². The number of nitrogens with zero attached hydrogens (tertiary/aromatic N) is 2. The molecule has 1 heterocycles. The lowest BCUT2D eigenvalue weighted by Crippen LogP contribution is -2.66. The molecule has 0 radical (unpaired) electrons. The Kier molecular flexibility index (Phi) is 4.52. The quantitative estimate of drug-likeness (QED) is 0.915. The van der Waals surface area contributed by atoms with Crippen LogP contribution in [0.15, 0.2) is 24.3 Å². The Bertz CT molecular complexity index is 442. The summed E-state index contributed by atoms with van der Waals surface area (Å²) in [6.45, 7) is 17.7. The Morgan fingerprint density at radius 3 is 1.86 bits per heavy atom. The van der Waals surface area contributed by atoms with E-state index in [9.17, 15) is 0 Å². The topological polar surface area (TPSA) is 18.5 Å². The number of anilines is 2. The van der Waals surface area contributed by atoms with Gasteiger partial charge in [0.25, 0.3) is 0 Å². The Morgan fingerprint density at radius 2 is 1.43 bits per heavy atom. The Balaban J connectivity index is 2.18. The molecule has 0 amide bonds. The maximum atomic E-state index is 3.73. The molecule has 0 bridgehead atoms. The van der Waals surface area contributed by atoms with Crippen LogP contribution in [0.2, 0.25) is 0 Å². The number of hydrogen-bond acceptors (Lipinski definition) is 3. The van der Waals surface area contributed by atoms with Crippen molar-refractivity contribution in [1.82, 2.24) is 5.32 Å². The van der Waals surface area contributed by atoms with E-state index in [1.807, 2.05) is 0 Å². The highest BCUT2D eigenvalue weighted by Gasteiger charge is 2.36. The van der Waals surface area contributed by atoms with Crippen molar-refractivity contribution in [3.8, 4) is 0 Å². The minimum atomic E-state index is 0.138. The summed E-state index contributed by atoms with van der Waals surface area (Å²) in [7, 11) is 0. The molecule has 0 aromatic heterocycles. The molecule has 3 nitrogen and oxygen atoms in total. The van der Waals surface area contributed by atoms with Gasteiger partial charge in [0, 0.05) is 48.6 Å². The fourth-order valence-electron chi connectivity index (χ4n) is 3.65. The molecule has 0 aliphatic carbocycles. The third kappa shape index (κ3) is 3.91. The van der Waals surface area contributed by atoms with Gasteiger partial charge in [-0.15, -0.1) is 0 Å². The van der Waals surface area contributed by atoms with E-state index >= 15 is 0 Å². The zero-order valence-corrected chi connectivity index (χ0v) is 14.5. The second kappa shape index (κ2) is 5.88. The summed E-state index contributed by atoms with van der Waals surface area (Å²) >= 11 is 0. The molecule has 1 N–H and O–H groups in total. The van der Waals surface area contributed by atoms with Crippen LogP contribution in [-0.4, -0.2) is 37.3 Å². The summed E-state index contributed by atoms with van der Waals surface area (Å²) in [5.74, 6) is 0. The van der Waals surface area contributed by atoms with Crippen LogP contribution in [-0.2, 0) is 0 Å². The monoisotopic (exact) mass is 289 g/mol. The van der Waals surface area contributed by atoms with Crippen LogP contribution in [0.4, 0.5) is 11.4 Å². The minimum absolute atomic E-state index is 0.138. The lowest BCUT2D eigenvalue weighted by Gasteiger charge is -2.49. The average molecular weight is 289 g/mol. The Hall–Kier alpha value is -1.22. The first-order chi connectivity index (χ1) is 9.76. The van der Waals surface area contributed by atoms with Gasteiger partial charge in [-0.1, -0.05) is 0 Å². The number of benzene rings is 1. The van der Waals surface area contributed by atoms with Crippen molar-refractivity contribution in [2.75, 3.05) is 36.0 Å². The van der Waals surface area contributed by atoms with E-state index in [1.54, 1.807) is 0 Å². The van der Waals surface area contributed by atoms with E-state index in [1.165, 1.54) is 11.4 Å². The molecule has 2 rings (SSSR count). The molecule has 0 atom stereocenters. The molecule has 1 aromatic carbocycles. The highest BCUT2D eigenvalue weighted by molar-refractivity contribution is 5.57. The van der Waals surface area contributed by atoms with Crippen LogP contribution in [0.3, 0.4) is 0 Å². The summed E-state index contributed by atoms with van der Waals surface area (Å²) in [6, 6.07) is 9.05. The Labute approximate surface area is 130 Å². The number of hydrogen-bond donors (Lipinski definition) is 1. The fraction of sp³-hybridized carbons (Fsp3) is 0.667. The van der Waals surface area contributed by atoms with E-state index in [0.717, 1.165) is 26.2 Å². The average Bonchev–Trinajstić information content (AvgIpc) is 2.37. The fourth-order valence-corrected chi connectivity index (χ4v) is 3.65. The molecular weight excluding hydrogens is 258 g/mol. The summed E-state index contributed by atoms with van der Waals surface area (Å²) in [6.07, 6.45) is 0. The molecule has 0 saturated carbocycles. The number of nitrogens with one attached hydrogen (secondary N) is 1. The van der Waals surface area contributed by atoms with Crippen molar-refractivity contribution in [1.29, 1.82) is 0 Å². The van der Waals surface area contributed by atoms with Crippen LogP contribution < -0.4 is 15.1 Å². The van der Waals surface area contributed by atoms with Gasteiger partial charge in [0.1, 0.15) is 0 Å². The largest absolute Gasteiger partial charge is 0.372 e. The van der Waals surface area contributed by atoms with E-state index in [4.69, 9.17) is 0 Å². The first-order valence-electron chi connectivity index (χ1n) is 8.15. The highest BCUT2D eigenvalue weighted by Crippen LogP contribution is 2.27. The van der Waals surface area contributed by atoms with Crippen molar-refractivity contribution in [3.63, 3.8) is 0 Å². The molecule has 21 heavy (non-hydrogen) atoms. The van der Waals surface area contributed by atoms with Gasteiger partial charge in [-0.05, 0) is 65.8 Å². The molecule has 1 saturated heterocycles. The van der Waals surface area contributed by atoms with E-state index in [0.29, 0.717) is 0 Å². The third-order valence-electron chi connectivity index (χ3n) is 4.19. The standard InChI is InChI=1S/C18H31N3/c1-7-20(8-2)15-9-11-16(12-10-15)21-13-17(3,4)19-18(5,6)14-21/h9-12,19H,7-8,13-14H2,1-6H3. The third-order valence-corrected chi connectivity index (χ3v) is 4.19. The number of piperazine rings is 1. The zero-order chi connectivity index (χ0) is 15.7. The van der Waals surface area contributed by atoms with Gasteiger partial charge in [-0.2, -0.15) is 0 Å². The smallest absolute Gasteiger partial charge is 0.0368 e. The van der Waals surface area contributed by atoms with Crippen LogP contribution in [0, 0.1) is 0 Å². The second-order valence-corrected chi connectivity index (χ2v) is 7.44. The van der Waals surface area contributed by atoms with E-state index in [-0.39, 0.29) is 11.1 Å². The maximum Gasteiger partial charge on any atom is 0.0368 e. The van der Waals surface area contributed by atoms with E-state index in [2.05, 4.69) is 80.9 Å². The molecule has 1 fully saturated rings. The predicted molar refractivity (Wildman–Crippen MR) is 93.5 cm³/mol. The molecule has 1 aliphatic rings. The van der Waals surface area contributed by atoms with Gasteiger partial charge < -0.3 is 15.1 Å². The van der Waals surface area contributed by atoms with Gasteiger partial charge in [0.15, 0.2) is 0 Å². The predicted octanol–water partition coefficient (Wildman–Crippen LogP) is 3.50. The van der Waals surface area contributed by atoms with Gasteiger partial charge in [0.05, 0.1) is 0 Å².